The lowest BCUT2D eigenvalue weighted by Crippen LogP contribution is -2.40. The van der Waals surface area contributed by atoms with E-state index in [4.69, 9.17) is 0 Å². The van der Waals surface area contributed by atoms with Gasteiger partial charge in [0.05, 0.1) is 6.04 Å². The molecule has 2 N–H and O–H groups in total. The number of benzene rings is 1. The number of hydrogen-bond acceptors (Lipinski definition) is 3. The molecule has 1 amide bonds. The van der Waals surface area contributed by atoms with Gasteiger partial charge in [0.25, 0.3) is 0 Å². The fourth-order valence-corrected chi connectivity index (χ4v) is 3.05. The SMILES string of the molecule is CCCCN(CC)Cc1cccc(CNC(=O)[C@@H]2CCCN2)c1.Cl. The molecule has 0 unspecified atom stereocenters. The summed E-state index contributed by atoms with van der Waals surface area (Å²) in [4.78, 5) is 14.5. The van der Waals surface area contributed by atoms with Crippen molar-refractivity contribution in [3.8, 4) is 0 Å². The van der Waals surface area contributed by atoms with Crippen LogP contribution in [0.5, 0.6) is 0 Å². The van der Waals surface area contributed by atoms with Crippen LogP contribution in [0.4, 0.5) is 0 Å². The number of carbonyl (C=O) groups is 1. The molecule has 2 rings (SSSR count). The van der Waals surface area contributed by atoms with Crippen LogP contribution in [0.1, 0.15) is 50.7 Å². The van der Waals surface area contributed by atoms with E-state index < -0.39 is 0 Å². The first-order valence-electron chi connectivity index (χ1n) is 9.04. The van der Waals surface area contributed by atoms with Crippen molar-refractivity contribution >= 4 is 18.3 Å². The van der Waals surface area contributed by atoms with Crippen LogP contribution >= 0.6 is 12.4 Å². The van der Waals surface area contributed by atoms with Crippen LogP contribution in [0.2, 0.25) is 0 Å². The van der Waals surface area contributed by atoms with E-state index in [2.05, 4.69) is 53.6 Å². The lowest BCUT2D eigenvalue weighted by Gasteiger charge is -2.20. The minimum atomic E-state index is 0. The molecule has 1 atom stereocenters. The molecular weight excluding hydrogens is 322 g/mol. The van der Waals surface area contributed by atoms with Gasteiger partial charge >= 0.3 is 0 Å². The summed E-state index contributed by atoms with van der Waals surface area (Å²) < 4.78 is 0. The number of unbranched alkanes of at least 4 members (excludes halogenated alkanes) is 1. The molecule has 1 saturated heterocycles. The quantitative estimate of drug-likeness (QED) is 0.717. The molecule has 0 saturated carbocycles. The van der Waals surface area contributed by atoms with Crippen LogP contribution in [0.25, 0.3) is 0 Å². The van der Waals surface area contributed by atoms with Gasteiger partial charge in [-0.05, 0) is 50.0 Å². The van der Waals surface area contributed by atoms with Crippen molar-refractivity contribution < 1.29 is 4.79 Å². The molecule has 4 nitrogen and oxygen atoms in total. The van der Waals surface area contributed by atoms with Crippen molar-refractivity contribution in [1.29, 1.82) is 0 Å². The van der Waals surface area contributed by atoms with Crippen LogP contribution < -0.4 is 10.6 Å². The fourth-order valence-electron chi connectivity index (χ4n) is 3.05. The molecule has 0 bridgehead atoms. The molecule has 136 valence electrons. The maximum absolute atomic E-state index is 12.1. The molecule has 0 aliphatic carbocycles. The van der Waals surface area contributed by atoms with E-state index in [1.165, 1.54) is 24.0 Å². The third kappa shape index (κ3) is 6.80. The zero-order valence-corrected chi connectivity index (χ0v) is 15.8. The molecule has 1 aliphatic heterocycles. The van der Waals surface area contributed by atoms with Crippen molar-refractivity contribution in [3.05, 3.63) is 35.4 Å². The molecule has 0 radical (unpaired) electrons. The van der Waals surface area contributed by atoms with Crippen LogP contribution in [-0.4, -0.2) is 36.5 Å². The monoisotopic (exact) mass is 353 g/mol. The summed E-state index contributed by atoms with van der Waals surface area (Å²) in [6.07, 6.45) is 4.53. The normalized spacial score (nSPS) is 16.9. The minimum absolute atomic E-state index is 0. The summed E-state index contributed by atoms with van der Waals surface area (Å²) >= 11 is 0. The molecule has 0 aromatic heterocycles. The third-order valence-electron chi connectivity index (χ3n) is 4.52. The van der Waals surface area contributed by atoms with Crippen molar-refractivity contribution in [1.82, 2.24) is 15.5 Å². The van der Waals surface area contributed by atoms with Crippen molar-refractivity contribution in [2.24, 2.45) is 0 Å². The summed E-state index contributed by atoms with van der Waals surface area (Å²) in [6.45, 7) is 9.24. The van der Waals surface area contributed by atoms with Crippen molar-refractivity contribution in [2.45, 2.75) is 58.7 Å². The number of nitrogens with zero attached hydrogens (tertiary/aromatic N) is 1. The first kappa shape index (κ1) is 20.9. The maximum atomic E-state index is 12.1. The van der Waals surface area contributed by atoms with E-state index >= 15 is 0 Å². The Morgan fingerprint density at radius 3 is 2.79 bits per heavy atom. The van der Waals surface area contributed by atoms with Gasteiger partial charge in [0, 0.05) is 13.1 Å². The molecule has 1 aliphatic rings. The highest BCUT2D eigenvalue weighted by Gasteiger charge is 2.21. The maximum Gasteiger partial charge on any atom is 0.237 e. The second-order valence-corrected chi connectivity index (χ2v) is 6.41. The summed E-state index contributed by atoms with van der Waals surface area (Å²) in [5.74, 6) is 0.131. The smallest absolute Gasteiger partial charge is 0.237 e. The number of hydrogen-bond donors (Lipinski definition) is 2. The Labute approximate surface area is 152 Å². The Balaban J connectivity index is 0.00000288. The summed E-state index contributed by atoms with van der Waals surface area (Å²) in [6, 6.07) is 8.59. The second-order valence-electron chi connectivity index (χ2n) is 6.41. The van der Waals surface area contributed by atoms with Gasteiger partial charge in [-0.1, -0.05) is 44.5 Å². The third-order valence-corrected chi connectivity index (χ3v) is 4.52. The highest BCUT2D eigenvalue weighted by atomic mass is 35.5. The predicted molar refractivity (Wildman–Crippen MR) is 102 cm³/mol. The number of carbonyl (C=O) groups excluding carboxylic acids is 1. The number of halogens is 1. The van der Waals surface area contributed by atoms with Gasteiger partial charge in [-0.25, -0.2) is 0 Å². The van der Waals surface area contributed by atoms with Gasteiger partial charge in [-0.2, -0.15) is 0 Å². The lowest BCUT2D eigenvalue weighted by molar-refractivity contribution is -0.122. The van der Waals surface area contributed by atoms with Crippen LogP contribution in [0.3, 0.4) is 0 Å². The summed E-state index contributed by atoms with van der Waals surface area (Å²) in [7, 11) is 0. The molecular formula is C19H32ClN3O. The van der Waals surface area contributed by atoms with E-state index in [0.29, 0.717) is 6.54 Å². The first-order chi connectivity index (χ1) is 11.2. The Hall–Kier alpha value is -1.10. The van der Waals surface area contributed by atoms with Gasteiger partial charge in [0.1, 0.15) is 0 Å². The molecule has 24 heavy (non-hydrogen) atoms. The average Bonchev–Trinajstić information content (AvgIpc) is 3.11. The Morgan fingerprint density at radius 1 is 1.33 bits per heavy atom. The van der Waals surface area contributed by atoms with Crippen molar-refractivity contribution in [2.75, 3.05) is 19.6 Å². The van der Waals surface area contributed by atoms with Crippen molar-refractivity contribution in [3.63, 3.8) is 0 Å². The van der Waals surface area contributed by atoms with Gasteiger partial charge in [0.15, 0.2) is 0 Å². The van der Waals surface area contributed by atoms with Crippen LogP contribution in [0.15, 0.2) is 24.3 Å². The number of nitrogens with one attached hydrogen (secondary N) is 2. The predicted octanol–water partition coefficient (Wildman–Crippen LogP) is 3.10. The zero-order chi connectivity index (χ0) is 16.5. The second kappa shape index (κ2) is 11.5. The summed E-state index contributed by atoms with van der Waals surface area (Å²) in [5.41, 5.74) is 2.51. The van der Waals surface area contributed by atoms with E-state index in [1.807, 2.05) is 0 Å². The largest absolute Gasteiger partial charge is 0.351 e. The fraction of sp³-hybridized carbons (Fsp3) is 0.632. The van der Waals surface area contributed by atoms with E-state index in [1.54, 1.807) is 0 Å². The molecule has 5 heteroatoms. The van der Waals surface area contributed by atoms with E-state index in [-0.39, 0.29) is 24.4 Å². The highest BCUT2D eigenvalue weighted by molar-refractivity contribution is 5.85. The lowest BCUT2D eigenvalue weighted by atomic mass is 10.1. The molecule has 1 aromatic carbocycles. The van der Waals surface area contributed by atoms with Gasteiger partial charge < -0.3 is 10.6 Å². The number of amides is 1. The minimum Gasteiger partial charge on any atom is -0.351 e. The Morgan fingerprint density at radius 2 is 2.12 bits per heavy atom. The Bertz CT molecular complexity index is 489. The zero-order valence-electron chi connectivity index (χ0n) is 15.0. The molecule has 1 fully saturated rings. The van der Waals surface area contributed by atoms with Gasteiger partial charge in [-0.15, -0.1) is 12.4 Å². The Kier molecular flexibility index (Phi) is 9.99. The summed E-state index contributed by atoms with van der Waals surface area (Å²) in [5, 5.41) is 6.29. The van der Waals surface area contributed by atoms with E-state index in [9.17, 15) is 4.79 Å². The van der Waals surface area contributed by atoms with Gasteiger partial charge in [-0.3, -0.25) is 9.69 Å². The molecule has 1 heterocycles. The van der Waals surface area contributed by atoms with Crippen LogP contribution in [-0.2, 0) is 17.9 Å². The molecule has 0 spiro atoms. The van der Waals surface area contributed by atoms with E-state index in [0.717, 1.165) is 39.0 Å². The van der Waals surface area contributed by atoms with Crippen LogP contribution in [0, 0.1) is 0 Å². The standard InChI is InChI=1S/C19H31N3O.ClH/c1-3-5-12-22(4-2)15-17-9-6-8-16(13-17)14-21-19(23)18-10-7-11-20-18;/h6,8-9,13,18,20H,3-5,7,10-12,14-15H2,1-2H3,(H,21,23);1H/t18-;/m0./s1. The number of rotatable bonds is 9. The topological polar surface area (TPSA) is 44.4 Å². The highest BCUT2D eigenvalue weighted by Crippen LogP contribution is 2.10. The molecule has 1 aromatic rings. The van der Waals surface area contributed by atoms with Gasteiger partial charge in [0.2, 0.25) is 5.91 Å². The average molecular weight is 354 g/mol. The first-order valence-corrected chi connectivity index (χ1v) is 9.04.